The van der Waals surface area contributed by atoms with Gasteiger partial charge in [-0.3, -0.25) is 4.79 Å². The van der Waals surface area contributed by atoms with E-state index in [0.717, 1.165) is 18.4 Å². The van der Waals surface area contributed by atoms with Crippen molar-refractivity contribution < 1.29 is 9.53 Å². The van der Waals surface area contributed by atoms with Crippen molar-refractivity contribution >= 4 is 5.91 Å². The molecule has 0 radical (unpaired) electrons. The number of carbonyl (C=O) groups excluding carboxylic acids is 1. The molecular weight excluding hydrogens is 252 g/mol. The summed E-state index contributed by atoms with van der Waals surface area (Å²) in [4.78, 5) is 12.4. The molecule has 1 aliphatic rings. The van der Waals surface area contributed by atoms with Crippen LogP contribution in [0.3, 0.4) is 0 Å². The fourth-order valence-electron chi connectivity index (χ4n) is 2.33. The molecule has 4 heteroatoms. The van der Waals surface area contributed by atoms with Gasteiger partial charge in [-0.1, -0.05) is 24.0 Å². The lowest BCUT2D eigenvalue weighted by atomic mass is 10.0. The normalized spacial score (nSPS) is 21.7. The van der Waals surface area contributed by atoms with Crippen LogP contribution in [-0.2, 0) is 4.74 Å². The summed E-state index contributed by atoms with van der Waals surface area (Å²) in [6, 6.07) is 7.51. The fraction of sp³-hybridized carbons (Fsp3) is 0.438. The van der Waals surface area contributed by atoms with Crippen LogP contribution in [0, 0.1) is 11.8 Å². The minimum Gasteiger partial charge on any atom is -0.378 e. The highest BCUT2D eigenvalue weighted by Crippen LogP contribution is 2.15. The minimum absolute atomic E-state index is 0.0778. The lowest BCUT2D eigenvalue weighted by Crippen LogP contribution is -2.41. The number of hydrogen-bond acceptors (Lipinski definition) is 3. The second-order valence-electron chi connectivity index (χ2n) is 4.93. The van der Waals surface area contributed by atoms with Crippen LogP contribution in [0.15, 0.2) is 24.3 Å². The number of benzene rings is 1. The summed E-state index contributed by atoms with van der Waals surface area (Å²) in [6.07, 6.45) is 1.90. The first-order valence-electron chi connectivity index (χ1n) is 6.91. The van der Waals surface area contributed by atoms with E-state index in [2.05, 4.69) is 17.2 Å². The van der Waals surface area contributed by atoms with Crippen LogP contribution in [0.1, 0.15) is 35.7 Å². The van der Waals surface area contributed by atoms with Gasteiger partial charge in [-0.15, -0.1) is 0 Å². The van der Waals surface area contributed by atoms with E-state index in [-0.39, 0.29) is 24.6 Å². The van der Waals surface area contributed by atoms with E-state index >= 15 is 0 Å². The Labute approximate surface area is 119 Å². The van der Waals surface area contributed by atoms with E-state index in [1.165, 1.54) is 0 Å². The van der Waals surface area contributed by atoms with Crippen molar-refractivity contribution in [1.82, 2.24) is 5.32 Å². The molecule has 1 fully saturated rings. The van der Waals surface area contributed by atoms with E-state index in [9.17, 15) is 4.79 Å². The zero-order valence-corrected chi connectivity index (χ0v) is 11.7. The highest BCUT2D eigenvalue weighted by atomic mass is 16.5. The Morgan fingerprint density at radius 1 is 1.50 bits per heavy atom. The Balaban J connectivity index is 2.09. The summed E-state index contributed by atoms with van der Waals surface area (Å²) in [7, 11) is 0. The average Bonchev–Trinajstić information content (AvgIpc) is 2.45. The second kappa shape index (κ2) is 7.09. The third kappa shape index (κ3) is 3.83. The molecular formula is C16H20N2O2. The lowest BCUT2D eigenvalue weighted by molar-refractivity contribution is 0.0136. The monoisotopic (exact) mass is 272 g/mol. The Morgan fingerprint density at radius 3 is 3.05 bits per heavy atom. The predicted molar refractivity (Wildman–Crippen MR) is 78.3 cm³/mol. The summed E-state index contributed by atoms with van der Waals surface area (Å²) < 4.78 is 5.48. The molecule has 0 spiro atoms. The van der Waals surface area contributed by atoms with E-state index < -0.39 is 0 Å². The van der Waals surface area contributed by atoms with Gasteiger partial charge >= 0.3 is 0 Å². The summed E-state index contributed by atoms with van der Waals surface area (Å²) in [5.74, 6) is 5.65. The molecule has 1 aromatic rings. The predicted octanol–water partition coefficient (Wildman–Crippen LogP) is 1.29. The highest BCUT2D eigenvalue weighted by Gasteiger charge is 2.22. The number of nitrogens with two attached hydrogens (primary N) is 1. The van der Waals surface area contributed by atoms with Gasteiger partial charge in [-0.25, -0.2) is 0 Å². The van der Waals surface area contributed by atoms with Crippen molar-refractivity contribution in [3.05, 3.63) is 35.4 Å². The number of ether oxygens (including phenoxy) is 1. The SMILES string of the molecule is CC1CC(NC(=O)c2ccccc2C#CCN)CCO1. The minimum atomic E-state index is -0.0778. The average molecular weight is 272 g/mol. The van der Waals surface area contributed by atoms with E-state index in [1.807, 2.05) is 25.1 Å². The largest absolute Gasteiger partial charge is 0.378 e. The van der Waals surface area contributed by atoms with E-state index in [0.29, 0.717) is 12.2 Å². The molecule has 0 bridgehead atoms. The summed E-state index contributed by atoms with van der Waals surface area (Å²) in [5, 5.41) is 3.06. The van der Waals surface area contributed by atoms with Crippen LogP contribution >= 0.6 is 0 Å². The van der Waals surface area contributed by atoms with Gasteiger partial charge in [0.2, 0.25) is 0 Å². The van der Waals surface area contributed by atoms with Crippen LogP contribution in [0.5, 0.6) is 0 Å². The van der Waals surface area contributed by atoms with Gasteiger partial charge in [-0.05, 0) is 31.9 Å². The molecule has 20 heavy (non-hydrogen) atoms. The summed E-state index contributed by atoms with van der Waals surface area (Å²) in [6.45, 7) is 3.01. The Bertz CT molecular complexity index is 531. The number of amides is 1. The molecule has 106 valence electrons. The molecule has 1 aromatic carbocycles. The topological polar surface area (TPSA) is 64.4 Å². The third-order valence-electron chi connectivity index (χ3n) is 3.32. The van der Waals surface area contributed by atoms with Crippen LogP contribution < -0.4 is 11.1 Å². The number of carbonyl (C=O) groups is 1. The van der Waals surface area contributed by atoms with Crippen LogP contribution in [-0.4, -0.2) is 31.2 Å². The number of rotatable bonds is 2. The third-order valence-corrected chi connectivity index (χ3v) is 3.32. The molecule has 4 nitrogen and oxygen atoms in total. The first kappa shape index (κ1) is 14.6. The van der Waals surface area contributed by atoms with Crippen LogP contribution in [0.2, 0.25) is 0 Å². The quantitative estimate of drug-likeness (QED) is 0.797. The standard InChI is InChI=1S/C16H20N2O2/c1-12-11-14(8-10-20-12)18-16(19)15-7-3-2-5-13(15)6-4-9-17/h2-3,5,7,12,14H,8-11,17H2,1H3,(H,18,19). The van der Waals surface area contributed by atoms with Crippen molar-refractivity contribution in [3.63, 3.8) is 0 Å². The van der Waals surface area contributed by atoms with E-state index in [1.54, 1.807) is 6.07 Å². The number of hydrogen-bond donors (Lipinski definition) is 2. The summed E-state index contributed by atoms with van der Waals surface area (Å²) >= 11 is 0. The zero-order valence-electron chi connectivity index (χ0n) is 11.7. The first-order chi connectivity index (χ1) is 9.70. The Morgan fingerprint density at radius 2 is 2.30 bits per heavy atom. The molecule has 0 saturated carbocycles. The molecule has 2 atom stereocenters. The fourth-order valence-corrected chi connectivity index (χ4v) is 2.33. The van der Waals surface area contributed by atoms with Gasteiger partial charge < -0.3 is 15.8 Å². The van der Waals surface area contributed by atoms with Crippen LogP contribution in [0.25, 0.3) is 0 Å². The van der Waals surface area contributed by atoms with Crippen molar-refractivity contribution in [1.29, 1.82) is 0 Å². The van der Waals surface area contributed by atoms with E-state index in [4.69, 9.17) is 10.5 Å². The van der Waals surface area contributed by atoms with Gasteiger partial charge in [0.25, 0.3) is 5.91 Å². The highest BCUT2D eigenvalue weighted by molar-refractivity contribution is 5.96. The maximum absolute atomic E-state index is 12.4. The Hall–Kier alpha value is -1.83. The lowest BCUT2D eigenvalue weighted by Gasteiger charge is -2.28. The molecule has 1 aliphatic heterocycles. The number of nitrogens with one attached hydrogen (secondary N) is 1. The Kier molecular flexibility index (Phi) is 5.16. The van der Waals surface area contributed by atoms with Gasteiger partial charge in [0.05, 0.1) is 18.2 Å². The first-order valence-corrected chi connectivity index (χ1v) is 6.91. The second-order valence-corrected chi connectivity index (χ2v) is 4.93. The van der Waals surface area contributed by atoms with Crippen molar-refractivity contribution in [2.75, 3.05) is 13.2 Å². The van der Waals surface area contributed by atoms with Crippen molar-refractivity contribution in [3.8, 4) is 11.8 Å². The maximum atomic E-state index is 12.4. The molecule has 1 heterocycles. The van der Waals surface area contributed by atoms with Gasteiger partial charge in [0.15, 0.2) is 0 Å². The van der Waals surface area contributed by atoms with Gasteiger partial charge in [-0.2, -0.15) is 0 Å². The molecule has 0 aromatic heterocycles. The van der Waals surface area contributed by atoms with Crippen molar-refractivity contribution in [2.24, 2.45) is 5.73 Å². The molecule has 3 N–H and O–H groups in total. The van der Waals surface area contributed by atoms with Gasteiger partial charge in [0.1, 0.15) is 0 Å². The van der Waals surface area contributed by atoms with Crippen LogP contribution in [0.4, 0.5) is 0 Å². The molecule has 2 unspecified atom stereocenters. The molecule has 1 amide bonds. The smallest absolute Gasteiger partial charge is 0.252 e. The maximum Gasteiger partial charge on any atom is 0.252 e. The van der Waals surface area contributed by atoms with Gasteiger partial charge in [0, 0.05) is 18.2 Å². The summed E-state index contributed by atoms with van der Waals surface area (Å²) in [5.41, 5.74) is 6.70. The molecule has 1 saturated heterocycles. The zero-order chi connectivity index (χ0) is 14.4. The molecule has 0 aliphatic carbocycles. The van der Waals surface area contributed by atoms with Crippen molar-refractivity contribution in [2.45, 2.75) is 31.9 Å². The molecule has 2 rings (SSSR count).